The normalized spacial score (nSPS) is 32.5. The number of imide groups is 1. The Labute approximate surface area is 137 Å². The Morgan fingerprint density at radius 2 is 1.82 bits per heavy atom. The highest BCUT2D eigenvalue weighted by molar-refractivity contribution is 9.10. The number of halogens is 1. The number of allylic oxidation sites excluding steroid dienone is 2. The molecule has 4 rings (SSSR count). The Morgan fingerprint density at radius 3 is 2.41 bits per heavy atom. The third kappa shape index (κ3) is 1.92. The van der Waals surface area contributed by atoms with Crippen molar-refractivity contribution in [3.63, 3.8) is 0 Å². The minimum absolute atomic E-state index is 0.144. The number of benzene rings is 1. The van der Waals surface area contributed by atoms with Crippen LogP contribution in [0.1, 0.15) is 17.5 Å². The lowest BCUT2D eigenvalue weighted by molar-refractivity contribution is -0.140. The van der Waals surface area contributed by atoms with Crippen LogP contribution in [0.5, 0.6) is 0 Å². The van der Waals surface area contributed by atoms with E-state index < -0.39 is 0 Å². The Morgan fingerprint density at radius 1 is 1.18 bits per heavy atom. The smallest absolute Gasteiger partial charge is 0.254 e. The number of amides is 2. The van der Waals surface area contributed by atoms with Crippen LogP contribution in [-0.4, -0.2) is 23.0 Å². The van der Waals surface area contributed by atoms with Gasteiger partial charge in [0.05, 0.1) is 18.1 Å². The van der Waals surface area contributed by atoms with Crippen molar-refractivity contribution < 1.29 is 9.59 Å². The van der Waals surface area contributed by atoms with Crippen LogP contribution in [0.25, 0.3) is 0 Å². The van der Waals surface area contributed by atoms with Crippen molar-refractivity contribution in [3.8, 4) is 0 Å². The minimum Gasteiger partial charge on any atom is -0.272 e. The Kier molecular flexibility index (Phi) is 3.08. The van der Waals surface area contributed by atoms with Crippen molar-refractivity contribution >= 4 is 34.0 Å². The summed E-state index contributed by atoms with van der Waals surface area (Å²) in [4.78, 5) is 25.0. The first kappa shape index (κ1) is 13.9. The predicted molar refractivity (Wildman–Crippen MR) is 86.0 cm³/mol. The van der Waals surface area contributed by atoms with Gasteiger partial charge >= 0.3 is 0 Å². The number of carbonyl (C=O) groups excluding carboxylic acids is 2. The number of fused-ring (bicyclic) bond motifs is 5. The molecular formula is C17H15BrN2O2. The van der Waals surface area contributed by atoms with Crippen molar-refractivity contribution in [2.24, 2.45) is 28.8 Å². The van der Waals surface area contributed by atoms with Crippen molar-refractivity contribution in [1.82, 2.24) is 5.01 Å². The lowest BCUT2D eigenvalue weighted by atomic mass is 9.85. The molecule has 112 valence electrons. The van der Waals surface area contributed by atoms with Gasteiger partial charge in [0.2, 0.25) is 0 Å². The van der Waals surface area contributed by atoms with E-state index in [-0.39, 0.29) is 35.5 Å². The molecule has 1 saturated carbocycles. The van der Waals surface area contributed by atoms with E-state index in [1.807, 2.05) is 25.1 Å². The Bertz CT molecular complexity index is 710. The van der Waals surface area contributed by atoms with Crippen LogP contribution in [0.4, 0.5) is 0 Å². The summed E-state index contributed by atoms with van der Waals surface area (Å²) in [6, 6.07) is 5.81. The first-order chi connectivity index (χ1) is 10.6. The maximum Gasteiger partial charge on any atom is 0.254 e. The van der Waals surface area contributed by atoms with Gasteiger partial charge in [-0.05, 0) is 42.4 Å². The molecule has 1 aromatic rings. The van der Waals surface area contributed by atoms with Gasteiger partial charge in [-0.2, -0.15) is 10.1 Å². The summed E-state index contributed by atoms with van der Waals surface area (Å²) < 4.78 is 0.981. The summed E-state index contributed by atoms with van der Waals surface area (Å²) in [5.74, 6) is -0.224. The maximum atomic E-state index is 12.5. The van der Waals surface area contributed by atoms with Crippen LogP contribution in [0, 0.1) is 30.6 Å². The molecule has 0 radical (unpaired) electrons. The molecule has 3 aliphatic rings. The highest BCUT2D eigenvalue weighted by atomic mass is 79.9. The fourth-order valence-corrected chi connectivity index (χ4v) is 4.21. The van der Waals surface area contributed by atoms with Gasteiger partial charge in [0.15, 0.2) is 0 Å². The maximum absolute atomic E-state index is 12.5. The molecule has 22 heavy (non-hydrogen) atoms. The van der Waals surface area contributed by atoms with E-state index in [1.165, 1.54) is 0 Å². The molecular weight excluding hydrogens is 344 g/mol. The Balaban J connectivity index is 1.59. The summed E-state index contributed by atoms with van der Waals surface area (Å²) in [6.45, 7) is 2.00. The lowest BCUT2D eigenvalue weighted by Gasteiger charge is -2.13. The fraction of sp³-hybridized carbons (Fsp3) is 0.353. The third-order valence-electron chi connectivity index (χ3n) is 4.97. The van der Waals surface area contributed by atoms with Gasteiger partial charge in [-0.1, -0.05) is 40.2 Å². The zero-order valence-corrected chi connectivity index (χ0v) is 13.7. The number of hydrazone groups is 1. The second-order valence-electron chi connectivity index (χ2n) is 6.24. The zero-order chi connectivity index (χ0) is 15.4. The van der Waals surface area contributed by atoms with Crippen LogP contribution < -0.4 is 0 Å². The van der Waals surface area contributed by atoms with Crippen LogP contribution in [0.3, 0.4) is 0 Å². The van der Waals surface area contributed by atoms with Gasteiger partial charge in [0.1, 0.15) is 0 Å². The first-order valence-electron chi connectivity index (χ1n) is 7.42. The second kappa shape index (κ2) is 4.88. The minimum atomic E-state index is -0.190. The van der Waals surface area contributed by atoms with Gasteiger partial charge in [0, 0.05) is 4.47 Å². The number of hydrogen-bond donors (Lipinski definition) is 0. The molecule has 2 aliphatic carbocycles. The molecule has 1 heterocycles. The van der Waals surface area contributed by atoms with Gasteiger partial charge in [-0.15, -0.1) is 0 Å². The number of nitrogens with zero attached hydrogens (tertiary/aromatic N) is 2. The van der Waals surface area contributed by atoms with Crippen molar-refractivity contribution in [3.05, 3.63) is 46.0 Å². The third-order valence-corrected chi connectivity index (χ3v) is 5.82. The molecule has 1 saturated heterocycles. The Hall–Kier alpha value is -1.75. The van der Waals surface area contributed by atoms with Crippen LogP contribution >= 0.6 is 15.9 Å². The molecule has 1 aromatic carbocycles. The second-order valence-corrected chi connectivity index (χ2v) is 7.10. The topological polar surface area (TPSA) is 49.7 Å². The quantitative estimate of drug-likeness (QED) is 0.463. The lowest BCUT2D eigenvalue weighted by Crippen LogP contribution is -2.28. The average Bonchev–Trinajstić information content (AvgIpc) is 3.16. The predicted octanol–water partition coefficient (Wildman–Crippen LogP) is 2.90. The van der Waals surface area contributed by atoms with Crippen LogP contribution in [-0.2, 0) is 9.59 Å². The van der Waals surface area contributed by atoms with E-state index in [2.05, 4.69) is 33.2 Å². The molecule has 2 amide bonds. The van der Waals surface area contributed by atoms with E-state index in [4.69, 9.17) is 0 Å². The molecule has 2 bridgehead atoms. The van der Waals surface area contributed by atoms with Crippen LogP contribution in [0.15, 0.2) is 39.9 Å². The van der Waals surface area contributed by atoms with E-state index in [0.717, 1.165) is 27.0 Å². The number of aryl methyl sites for hydroxylation is 1. The summed E-state index contributed by atoms with van der Waals surface area (Å²) in [6.07, 6.45) is 6.69. The molecule has 0 N–H and O–H groups in total. The van der Waals surface area contributed by atoms with Gasteiger partial charge < -0.3 is 0 Å². The van der Waals surface area contributed by atoms with Crippen LogP contribution in [0.2, 0.25) is 0 Å². The fourth-order valence-electron chi connectivity index (χ4n) is 3.81. The molecule has 4 atom stereocenters. The molecule has 4 nitrogen and oxygen atoms in total. The molecule has 0 unspecified atom stereocenters. The summed E-state index contributed by atoms with van der Waals surface area (Å²) in [7, 11) is 0. The molecule has 2 fully saturated rings. The SMILES string of the molecule is Cc1ccc(/C=N\N2C(=O)[C@@H]3[C@H](C2=O)[C@H]2C=C[C@H]3C2)cc1Br. The zero-order valence-electron chi connectivity index (χ0n) is 12.1. The first-order valence-corrected chi connectivity index (χ1v) is 8.22. The highest BCUT2D eigenvalue weighted by Crippen LogP contribution is 2.52. The van der Waals surface area contributed by atoms with E-state index in [9.17, 15) is 9.59 Å². The van der Waals surface area contributed by atoms with Gasteiger partial charge in [-0.3, -0.25) is 9.59 Å². The van der Waals surface area contributed by atoms with Crippen molar-refractivity contribution in [2.75, 3.05) is 0 Å². The van der Waals surface area contributed by atoms with Gasteiger partial charge in [0.25, 0.3) is 11.8 Å². The molecule has 0 aromatic heterocycles. The standard InChI is InChI=1S/C17H15BrN2O2/c1-9-2-3-10(6-13(9)18)8-19-20-16(21)14-11-4-5-12(7-11)15(14)17(20)22/h2-6,8,11-12,14-15H,7H2,1H3/b19-8-/t11-,12-,14-,15+/m0/s1. The summed E-state index contributed by atoms with van der Waals surface area (Å²) in [5, 5.41) is 5.24. The monoisotopic (exact) mass is 358 g/mol. The van der Waals surface area contributed by atoms with Gasteiger partial charge in [-0.25, -0.2) is 0 Å². The summed E-state index contributed by atoms with van der Waals surface area (Å²) >= 11 is 3.47. The molecule has 1 aliphatic heterocycles. The molecule has 0 spiro atoms. The van der Waals surface area contributed by atoms with Crippen molar-refractivity contribution in [1.29, 1.82) is 0 Å². The number of rotatable bonds is 2. The summed E-state index contributed by atoms with van der Waals surface area (Å²) in [5.41, 5.74) is 1.99. The molecule has 5 heteroatoms. The number of hydrogen-bond acceptors (Lipinski definition) is 3. The van der Waals surface area contributed by atoms with E-state index in [0.29, 0.717) is 0 Å². The highest BCUT2D eigenvalue weighted by Gasteiger charge is 2.59. The van der Waals surface area contributed by atoms with E-state index in [1.54, 1.807) is 6.21 Å². The average molecular weight is 359 g/mol. The number of carbonyl (C=O) groups is 2. The van der Waals surface area contributed by atoms with E-state index >= 15 is 0 Å². The van der Waals surface area contributed by atoms with Crippen molar-refractivity contribution in [2.45, 2.75) is 13.3 Å². The largest absolute Gasteiger partial charge is 0.272 e.